The van der Waals surface area contributed by atoms with Gasteiger partial charge in [-0.1, -0.05) is 219 Å². The van der Waals surface area contributed by atoms with Crippen LogP contribution in [-0.4, -0.2) is 196 Å². The second-order valence-electron chi connectivity index (χ2n) is 34.0. The van der Waals surface area contributed by atoms with Gasteiger partial charge < -0.3 is 82.2 Å². The number of nitrogens with two attached hydrogens (primary N) is 1. The fourth-order valence-electron chi connectivity index (χ4n) is 16.4. The smallest absolute Gasteiger partial charge is 0.248 e. The number of primary amides is 1. The van der Waals surface area contributed by atoms with Gasteiger partial charge in [0.25, 0.3) is 0 Å². The number of aromatic amines is 6. The molecule has 7 heterocycles. The van der Waals surface area contributed by atoms with E-state index in [1.165, 1.54) is 163 Å². The minimum absolute atomic E-state index is 0.0119. The fraction of sp³-hybridized carbons (Fsp3) is 0.634. The topological polar surface area (TPSA) is 451 Å². The van der Waals surface area contributed by atoms with Crippen LogP contribution in [0, 0.1) is 0 Å². The van der Waals surface area contributed by atoms with Gasteiger partial charge in [0.05, 0.1) is 38.0 Å². The van der Waals surface area contributed by atoms with Crippen molar-refractivity contribution in [2.45, 2.75) is 353 Å². The highest BCUT2D eigenvalue weighted by atomic mass is 16.2. The first-order valence-electron chi connectivity index (χ1n) is 46.9. The number of aromatic nitrogens is 12. The summed E-state index contributed by atoms with van der Waals surface area (Å²) in [6, 6.07) is -2.55. The summed E-state index contributed by atoms with van der Waals surface area (Å²) >= 11 is 0. The summed E-state index contributed by atoms with van der Waals surface area (Å²) in [5.74, 6) is -5.43. The minimum atomic E-state index is -1.33. The van der Waals surface area contributed by atoms with E-state index in [1.54, 1.807) is 60.3 Å². The molecule has 6 aromatic heterocycles. The normalized spacial score (nSPS) is 14.1. The van der Waals surface area contributed by atoms with Crippen LogP contribution < -0.4 is 37.6 Å². The molecule has 1 aliphatic rings. The number of rotatable bonds is 61. The summed E-state index contributed by atoms with van der Waals surface area (Å²) in [6.45, 7) is 6.01. The highest BCUT2D eigenvalue weighted by Gasteiger charge is 2.36. The molecule has 32 nitrogen and oxygen atoms in total. The molecule has 32 heteroatoms. The van der Waals surface area contributed by atoms with Crippen LogP contribution in [-0.2, 0) is 94.8 Å². The van der Waals surface area contributed by atoms with Crippen molar-refractivity contribution >= 4 is 59.1 Å². The van der Waals surface area contributed by atoms with Crippen LogP contribution in [0.4, 0.5) is 0 Å². The van der Waals surface area contributed by atoms with E-state index in [4.69, 9.17) is 5.73 Å². The maximum Gasteiger partial charge on any atom is 0.248 e. The quantitative estimate of drug-likeness (QED) is 0.0158. The summed E-state index contributed by atoms with van der Waals surface area (Å²) in [7, 11) is 0. The molecule has 7 aromatic rings. The molecule has 6 atom stereocenters. The molecule has 0 unspecified atom stereocenters. The molecule has 10 amide bonds. The Hall–Kier alpha value is -10.8. The van der Waals surface area contributed by atoms with Crippen LogP contribution in [0.5, 0.6) is 0 Å². The van der Waals surface area contributed by atoms with Gasteiger partial charge in [-0.15, -0.1) is 0 Å². The van der Waals surface area contributed by atoms with Gasteiger partial charge in [-0.2, -0.15) is 0 Å². The van der Waals surface area contributed by atoms with Gasteiger partial charge in [0, 0.05) is 174 Å². The van der Waals surface area contributed by atoms with E-state index >= 15 is 28.8 Å². The second kappa shape index (κ2) is 58.4. The van der Waals surface area contributed by atoms with E-state index < -0.39 is 77.6 Å². The third-order valence-electron chi connectivity index (χ3n) is 23.4. The molecule has 0 saturated carbocycles. The molecule has 0 spiro atoms. The van der Waals surface area contributed by atoms with Crippen molar-refractivity contribution in [2.24, 2.45) is 5.73 Å². The number of H-pyrrole nitrogens is 6. The third kappa shape index (κ3) is 38.7. The van der Waals surface area contributed by atoms with Gasteiger partial charge in [-0.05, 0) is 55.4 Å². The Morgan fingerprint density at radius 3 is 0.760 bits per heavy atom. The summed E-state index contributed by atoms with van der Waals surface area (Å²) in [6.07, 6.45) is 54.9. The number of fused-ring (bicyclic) bond motifs is 2. The van der Waals surface area contributed by atoms with E-state index in [1.807, 2.05) is 0 Å². The Balaban J connectivity index is 1.10. The maximum atomic E-state index is 16.1. The van der Waals surface area contributed by atoms with Gasteiger partial charge in [0.15, 0.2) is 0 Å². The predicted molar refractivity (Wildman–Crippen MR) is 480 cm³/mol. The van der Waals surface area contributed by atoms with E-state index in [-0.39, 0.29) is 133 Å². The van der Waals surface area contributed by atoms with Crippen LogP contribution >= 0.6 is 0 Å². The van der Waals surface area contributed by atoms with Crippen LogP contribution in [0.1, 0.15) is 320 Å². The molecule has 2 bridgehead atoms. The molecule has 8 rings (SSSR count). The number of unbranched alkanes of at least 4 members (excludes halogenated alkanes) is 30. The first-order valence-corrected chi connectivity index (χ1v) is 46.9. The number of hydrogen-bond acceptors (Lipinski definition) is 16. The van der Waals surface area contributed by atoms with Crippen molar-refractivity contribution in [1.29, 1.82) is 0 Å². The fourth-order valence-corrected chi connectivity index (χ4v) is 16.4. The highest BCUT2D eigenvalue weighted by molar-refractivity contribution is 5.96. The summed E-state index contributed by atoms with van der Waals surface area (Å²) < 4.78 is 0. The Kier molecular flexibility index (Phi) is 46.5. The van der Waals surface area contributed by atoms with Crippen molar-refractivity contribution in [3.05, 3.63) is 144 Å². The molecule has 125 heavy (non-hydrogen) atoms. The number of benzene rings is 1. The number of nitrogens with one attached hydrogen (secondary N) is 12. The van der Waals surface area contributed by atoms with Crippen LogP contribution in [0.2, 0.25) is 0 Å². The van der Waals surface area contributed by atoms with Gasteiger partial charge >= 0.3 is 0 Å². The number of nitrogens with zero attached hydrogens (tertiary/aromatic N) is 9. The number of amides is 10. The first-order chi connectivity index (χ1) is 60.9. The third-order valence-corrected chi connectivity index (χ3v) is 23.4. The molecule has 686 valence electrons. The lowest BCUT2D eigenvalue weighted by atomic mass is 10.0. The van der Waals surface area contributed by atoms with Crippen molar-refractivity contribution < 1.29 is 47.9 Å². The molecule has 0 fully saturated rings. The van der Waals surface area contributed by atoms with Gasteiger partial charge in [0.2, 0.25) is 59.1 Å². The molecular formula is C93H144N22O10. The number of carbonyl (C=O) groups is 10. The van der Waals surface area contributed by atoms with Crippen molar-refractivity contribution in [1.82, 2.24) is 106 Å². The Labute approximate surface area is 738 Å². The highest BCUT2D eigenvalue weighted by Crippen LogP contribution is 2.23. The zero-order chi connectivity index (χ0) is 88.9. The van der Waals surface area contributed by atoms with E-state index in [0.717, 1.165) is 77.0 Å². The summed E-state index contributed by atoms with van der Waals surface area (Å²) in [5, 5.41) is 18.0. The lowest BCUT2D eigenvalue weighted by Gasteiger charge is -2.33. The Morgan fingerprint density at radius 1 is 0.304 bits per heavy atom. The summed E-state index contributed by atoms with van der Waals surface area (Å²) in [4.78, 5) is 197. The van der Waals surface area contributed by atoms with Crippen LogP contribution in [0.3, 0.4) is 0 Å². The Morgan fingerprint density at radius 2 is 0.528 bits per heavy atom. The SMILES string of the molecule is CCCCCCCCCCCCCC(=O)N[C@@H](Cc1cnc[nH]1)C(=O)N[C@@H](Cc1cnc[nH]1)C(=O)N1CCCN(C(=O)[C@H](Cc2cnc[nH]2)NC(=O)[C@H](Cc2cnc[nH]2)NC(=O)CCCCCCCCCCCCC)Cc2cc(cc(C(N)=O)c2)CN(C(=O)[C@H](Cc2cnc[nH]2)NC(=O)[C@H](Cc2cnc[nH]2)NC(=O)CCCCCCCCCCCCC)CCC1. The number of imidazole rings is 6. The molecule has 0 radical (unpaired) electrons. The molecule has 1 aromatic carbocycles. The standard InChI is InChI=1S/C93H144N22O10/c1-4-7-10-13-16-19-22-25-28-31-34-39-84(116)107-78(49-72-55-95-63-101-72)88(120)110-81(52-75-58-98-66-104-75)91(123)113-42-37-44-114(92(124)82(53-76-59-99-67-105-76)111-89(121)79(50-73-56-96-64-102-73)108-85(117)40-35-32-29-26-23-20-17-14-11-8-5-2)61-69-46-70(48-71(47-69)87(94)119)62-115(45-38-43-113)93(125)83(54-77-60-100-68-106-77)112-90(122)80(51-74-57-97-65-103-74)109-86(118)41-36-33-30-27-24-21-18-15-12-9-6-3/h46-48,55-60,63-68,78-83H,4-45,49-54,61-62H2,1-3H3,(H2,94,119)(H,95,101)(H,96,102)(H,97,103)(H,98,104)(H,99,105)(H,100,106)(H,107,116)(H,108,117)(H,109,118)(H,110,120)(H,111,121)(H,112,122)/t78-,79-,80-,81-,82-,83-/m0/s1. The van der Waals surface area contributed by atoms with Crippen LogP contribution in [0.15, 0.2) is 93.3 Å². The average Bonchev–Trinajstić information content (AvgIpc) is 1.69. The molecule has 0 saturated heterocycles. The first kappa shape index (κ1) is 99.6. The summed E-state index contributed by atoms with van der Waals surface area (Å²) in [5.41, 5.74) is 10.2. The van der Waals surface area contributed by atoms with Gasteiger partial charge in [-0.3, -0.25) is 47.9 Å². The average molecular weight is 1730 g/mol. The zero-order valence-electron chi connectivity index (χ0n) is 74.7. The van der Waals surface area contributed by atoms with E-state index in [2.05, 4.69) is 112 Å². The van der Waals surface area contributed by atoms with Crippen molar-refractivity contribution in [3.63, 3.8) is 0 Å². The van der Waals surface area contributed by atoms with Crippen molar-refractivity contribution in [2.75, 3.05) is 26.2 Å². The van der Waals surface area contributed by atoms with Gasteiger partial charge in [-0.25, -0.2) is 29.9 Å². The van der Waals surface area contributed by atoms with E-state index in [9.17, 15) is 19.2 Å². The molecule has 0 aliphatic carbocycles. The van der Waals surface area contributed by atoms with E-state index in [0.29, 0.717) is 64.6 Å². The lowest BCUT2D eigenvalue weighted by Crippen LogP contribution is -2.57. The molecule has 1 aliphatic heterocycles. The second-order valence-corrected chi connectivity index (χ2v) is 34.0. The zero-order valence-corrected chi connectivity index (χ0v) is 74.7. The predicted octanol–water partition coefficient (Wildman–Crippen LogP) is 11.9. The Bertz CT molecular complexity index is 3990. The maximum absolute atomic E-state index is 16.1. The largest absolute Gasteiger partial charge is 0.366 e. The minimum Gasteiger partial charge on any atom is -0.366 e. The number of hydrogen-bond donors (Lipinski definition) is 13. The molecular weight excluding hydrogens is 1590 g/mol. The monoisotopic (exact) mass is 1730 g/mol. The van der Waals surface area contributed by atoms with Crippen LogP contribution in [0.25, 0.3) is 0 Å². The lowest BCUT2D eigenvalue weighted by molar-refractivity contribution is -0.139. The number of carbonyl (C=O) groups excluding carboxylic acids is 10. The molecule has 14 N–H and O–H groups in total. The van der Waals surface area contributed by atoms with Crippen molar-refractivity contribution in [3.8, 4) is 0 Å². The van der Waals surface area contributed by atoms with Gasteiger partial charge in [0.1, 0.15) is 36.3 Å².